The van der Waals surface area contributed by atoms with E-state index >= 15 is 0 Å². The average Bonchev–Trinajstić information content (AvgIpc) is 2.77. The predicted molar refractivity (Wildman–Crippen MR) is 79.7 cm³/mol. The second kappa shape index (κ2) is 8.66. The molecule has 1 aliphatic heterocycles. The van der Waals surface area contributed by atoms with Crippen molar-refractivity contribution in [3.05, 3.63) is 0 Å². The number of nitrogens with zero attached hydrogens (tertiary/aromatic N) is 2. The molecule has 1 saturated heterocycles. The van der Waals surface area contributed by atoms with Crippen molar-refractivity contribution in [2.24, 2.45) is 0 Å². The number of rotatable bonds is 7. The molecule has 8 heteroatoms. The Kier molecular flexibility index (Phi) is 7.21. The first-order valence-electron chi connectivity index (χ1n) is 7.05. The van der Waals surface area contributed by atoms with E-state index in [1.165, 1.54) is 4.90 Å². The van der Waals surface area contributed by atoms with Gasteiger partial charge in [0.1, 0.15) is 0 Å². The maximum absolute atomic E-state index is 11.9. The van der Waals surface area contributed by atoms with Crippen LogP contribution in [0.2, 0.25) is 0 Å². The highest BCUT2D eigenvalue weighted by Crippen LogP contribution is 2.17. The van der Waals surface area contributed by atoms with E-state index in [2.05, 4.69) is 5.32 Å². The second-order valence-corrected chi connectivity index (χ2v) is 5.57. The fourth-order valence-corrected chi connectivity index (χ4v) is 2.70. The molecule has 7 nitrogen and oxygen atoms in total. The van der Waals surface area contributed by atoms with Gasteiger partial charge in [-0.1, -0.05) is 25.6 Å². The van der Waals surface area contributed by atoms with Gasteiger partial charge in [-0.05, 0) is 12.8 Å². The lowest BCUT2D eigenvalue weighted by Gasteiger charge is -2.21. The molecule has 0 atom stereocenters. The van der Waals surface area contributed by atoms with Gasteiger partial charge in [0.2, 0.25) is 5.91 Å². The molecule has 1 heterocycles. The highest BCUT2D eigenvalue weighted by atomic mass is 32.2. The zero-order valence-corrected chi connectivity index (χ0v) is 13.2. The minimum Gasteiger partial charge on any atom is -0.346 e. The van der Waals surface area contributed by atoms with Crippen molar-refractivity contribution in [1.82, 2.24) is 15.1 Å². The van der Waals surface area contributed by atoms with E-state index in [9.17, 15) is 19.2 Å². The summed E-state index contributed by atoms with van der Waals surface area (Å²) in [5, 5.41) is 2.16. The molecule has 4 amide bonds. The number of carbonyl (C=O) groups excluding carboxylic acids is 4. The van der Waals surface area contributed by atoms with Crippen LogP contribution in [0.1, 0.15) is 26.7 Å². The second-order valence-electron chi connectivity index (χ2n) is 4.65. The van der Waals surface area contributed by atoms with Crippen molar-refractivity contribution in [1.29, 1.82) is 0 Å². The highest BCUT2D eigenvalue weighted by Gasteiger charge is 2.29. The molecule has 0 unspecified atom stereocenters. The van der Waals surface area contributed by atoms with E-state index in [0.29, 0.717) is 13.1 Å². The Hall–Kier alpha value is -1.57. The minimum absolute atomic E-state index is 0.0920. The molecule has 0 saturated carbocycles. The van der Waals surface area contributed by atoms with Crippen molar-refractivity contribution >= 4 is 34.7 Å². The molecule has 0 radical (unpaired) electrons. The quantitative estimate of drug-likeness (QED) is 0.689. The molecule has 1 rings (SSSR count). The summed E-state index contributed by atoms with van der Waals surface area (Å²) in [7, 11) is 0. The van der Waals surface area contributed by atoms with Crippen LogP contribution >= 0.6 is 11.8 Å². The van der Waals surface area contributed by atoms with Gasteiger partial charge >= 0.3 is 11.8 Å². The maximum Gasteiger partial charge on any atom is 0.311 e. The Labute approximate surface area is 128 Å². The van der Waals surface area contributed by atoms with Crippen molar-refractivity contribution in [2.45, 2.75) is 26.7 Å². The molecule has 21 heavy (non-hydrogen) atoms. The Balaban J connectivity index is 2.40. The van der Waals surface area contributed by atoms with E-state index in [0.717, 1.165) is 29.5 Å². The van der Waals surface area contributed by atoms with Crippen LogP contribution in [-0.2, 0) is 14.4 Å². The summed E-state index contributed by atoms with van der Waals surface area (Å²) in [5.41, 5.74) is 0. The monoisotopic (exact) mass is 315 g/mol. The number of nitrogens with one attached hydrogen (secondary N) is 1. The maximum atomic E-state index is 11.9. The SMILES string of the molecule is CCCN(CCC)C(=O)C(=O)NCCN1C(=O)CSC1=O. The van der Waals surface area contributed by atoms with Crippen LogP contribution in [0.3, 0.4) is 0 Å². The van der Waals surface area contributed by atoms with Gasteiger partial charge < -0.3 is 10.2 Å². The van der Waals surface area contributed by atoms with Crippen LogP contribution in [-0.4, -0.2) is 64.7 Å². The molecule has 0 bridgehead atoms. The van der Waals surface area contributed by atoms with Gasteiger partial charge in [-0.15, -0.1) is 0 Å². The lowest BCUT2D eigenvalue weighted by molar-refractivity contribution is -0.145. The fourth-order valence-electron chi connectivity index (χ4n) is 1.95. The third-order valence-corrected chi connectivity index (χ3v) is 3.79. The summed E-state index contributed by atoms with van der Waals surface area (Å²) in [5.74, 6) is -1.37. The standard InChI is InChI=1S/C13H21N3O4S/c1-3-6-15(7-4-2)12(19)11(18)14-5-8-16-10(17)9-21-13(16)20/h3-9H2,1-2H3,(H,14,18). The van der Waals surface area contributed by atoms with Crippen molar-refractivity contribution in [2.75, 3.05) is 31.9 Å². The third kappa shape index (κ3) is 5.04. The van der Waals surface area contributed by atoms with Crippen LogP contribution < -0.4 is 5.32 Å². The lowest BCUT2D eigenvalue weighted by Crippen LogP contribution is -2.46. The van der Waals surface area contributed by atoms with Gasteiger partial charge in [-0.2, -0.15) is 0 Å². The first kappa shape index (κ1) is 17.5. The number of hydrogen-bond donors (Lipinski definition) is 1. The van der Waals surface area contributed by atoms with E-state index < -0.39 is 11.8 Å². The molecule has 0 aromatic carbocycles. The van der Waals surface area contributed by atoms with Crippen molar-refractivity contribution in [3.8, 4) is 0 Å². The molecule has 1 aliphatic rings. The van der Waals surface area contributed by atoms with Gasteiger partial charge in [0.05, 0.1) is 5.75 Å². The van der Waals surface area contributed by atoms with Gasteiger partial charge in [0, 0.05) is 26.2 Å². The zero-order chi connectivity index (χ0) is 15.8. The predicted octanol–water partition coefficient (Wildman–Crippen LogP) is 0.447. The molecular weight excluding hydrogens is 294 g/mol. The van der Waals surface area contributed by atoms with E-state index in [1.54, 1.807) is 0 Å². The molecule has 0 aliphatic carbocycles. The summed E-state index contributed by atoms with van der Waals surface area (Å²) in [6.45, 7) is 5.16. The van der Waals surface area contributed by atoms with Crippen molar-refractivity contribution in [3.63, 3.8) is 0 Å². The van der Waals surface area contributed by atoms with Crippen LogP contribution in [0.25, 0.3) is 0 Å². The molecular formula is C13H21N3O4S. The molecule has 0 aromatic heterocycles. The van der Waals surface area contributed by atoms with Gasteiger partial charge in [0.15, 0.2) is 0 Å². The van der Waals surface area contributed by atoms with Crippen LogP contribution in [0.15, 0.2) is 0 Å². The largest absolute Gasteiger partial charge is 0.346 e. The fraction of sp³-hybridized carbons (Fsp3) is 0.692. The summed E-state index contributed by atoms with van der Waals surface area (Å²) < 4.78 is 0. The number of imide groups is 1. The average molecular weight is 315 g/mol. The lowest BCUT2D eigenvalue weighted by atomic mass is 10.3. The van der Waals surface area contributed by atoms with Gasteiger partial charge in [-0.3, -0.25) is 24.1 Å². The normalized spacial score (nSPS) is 14.5. The Bertz CT molecular complexity index is 406. The molecule has 1 fully saturated rings. The number of amides is 4. The van der Waals surface area contributed by atoms with Crippen LogP contribution in [0, 0.1) is 0 Å². The smallest absolute Gasteiger partial charge is 0.311 e. The first-order chi connectivity index (χ1) is 10.0. The van der Waals surface area contributed by atoms with Crippen LogP contribution in [0.5, 0.6) is 0 Å². The Morgan fingerprint density at radius 3 is 2.33 bits per heavy atom. The molecule has 118 valence electrons. The Morgan fingerprint density at radius 2 is 1.86 bits per heavy atom. The molecule has 0 spiro atoms. The topological polar surface area (TPSA) is 86.8 Å². The summed E-state index contributed by atoms with van der Waals surface area (Å²) >= 11 is 0.946. The Morgan fingerprint density at radius 1 is 1.24 bits per heavy atom. The number of carbonyl (C=O) groups is 4. The highest BCUT2D eigenvalue weighted by molar-refractivity contribution is 8.14. The summed E-state index contributed by atoms with van der Waals surface area (Å²) in [6, 6.07) is 0. The molecule has 0 aromatic rings. The number of thioether (sulfide) groups is 1. The van der Waals surface area contributed by atoms with Gasteiger partial charge in [0.25, 0.3) is 5.24 Å². The third-order valence-electron chi connectivity index (χ3n) is 2.93. The van der Waals surface area contributed by atoms with E-state index in [-0.39, 0.29) is 30.0 Å². The summed E-state index contributed by atoms with van der Waals surface area (Å²) in [6.07, 6.45) is 1.57. The zero-order valence-electron chi connectivity index (χ0n) is 12.4. The first-order valence-corrected chi connectivity index (χ1v) is 8.04. The minimum atomic E-state index is -0.691. The van der Waals surface area contributed by atoms with E-state index in [1.807, 2.05) is 13.8 Å². The van der Waals surface area contributed by atoms with E-state index in [4.69, 9.17) is 0 Å². The number of hydrogen-bond acceptors (Lipinski definition) is 5. The summed E-state index contributed by atoms with van der Waals surface area (Å²) in [4.78, 5) is 49.0. The van der Waals surface area contributed by atoms with Crippen LogP contribution in [0.4, 0.5) is 4.79 Å². The molecule has 1 N–H and O–H groups in total. The van der Waals surface area contributed by atoms with Crippen molar-refractivity contribution < 1.29 is 19.2 Å². The van der Waals surface area contributed by atoms with Gasteiger partial charge in [-0.25, -0.2) is 0 Å².